The zero-order valence-corrected chi connectivity index (χ0v) is 15.4. The van der Waals surface area contributed by atoms with Crippen molar-refractivity contribution in [3.63, 3.8) is 0 Å². The van der Waals surface area contributed by atoms with E-state index >= 15 is 0 Å². The van der Waals surface area contributed by atoms with Crippen molar-refractivity contribution in [2.45, 2.75) is 19.3 Å². The smallest absolute Gasteiger partial charge is 0.269 e. The lowest BCUT2D eigenvalue weighted by atomic mass is 10.1. The van der Waals surface area contributed by atoms with Gasteiger partial charge in [-0.05, 0) is 43.5 Å². The maximum Gasteiger partial charge on any atom is 0.269 e. The summed E-state index contributed by atoms with van der Waals surface area (Å²) in [6.07, 6.45) is 7.37. The van der Waals surface area contributed by atoms with Crippen molar-refractivity contribution in [2.75, 3.05) is 13.1 Å². The highest BCUT2D eigenvalue weighted by atomic mass is 16.6. The number of rotatable bonds is 5. The van der Waals surface area contributed by atoms with Crippen LogP contribution < -0.4 is 0 Å². The van der Waals surface area contributed by atoms with Gasteiger partial charge in [0.1, 0.15) is 5.69 Å². The second-order valence-corrected chi connectivity index (χ2v) is 6.78. The Morgan fingerprint density at radius 2 is 1.71 bits per heavy atom. The molecule has 0 saturated carbocycles. The molecule has 0 unspecified atom stereocenters. The van der Waals surface area contributed by atoms with E-state index in [2.05, 4.69) is 10.1 Å². The minimum absolute atomic E-state index is 0.0646. The zero-order chi connectivity index (χ0) is 19.3. The monoisotopic (exact) mass is 375 g/mol. The molecule has 142 valence electrons. The molecule has 0 spiro atoms. The Morgan fingerprint density at radius 1 is 1.00 bits per heavy atom. The van der Waals surface area contributed by atoms with Gasteiger partial charge in [0.15, 0.2) is 0 Å². The first-order valence-electron chi connectivity index (χ1n) is 9.39. The first-order valence-corrected chi connectivity index (χ1v) is 9.39. The maximum atomic E-state index is 10.9. The van der Waals surface area contributed by atoms with E-state index in [1.54, 1.807) is 12.1 Å². The molecule has 2 heterocycles. The van der Waals surface area contributed by atoms with E-state index in [1.165, 1.54) is 18.6 Å². The van der Waals surface area contributed by atoms with Crippen molar-refractivity contribution in [1.29, 1.82) is 0 Å². The third kappa shape index (κ3) is 3.93. The van der Waals surface area contributed by atoms with Crippen LogP contribution in [0.15, 0.2) is 65.9 Å². The molecule has 1 aliphatic rings. The summed E-state index contributed by atoms with van der Waals surface area (Å²) in [6.45, 7) is 1.94. The molecule has 0 aliphatic carbocycles. The average Bonchev–Trinajstić information content (AvgIpc) is 3.18. The van der Waals surface area contributed by atoms with Crippen molar-refractivity contribution in [1.82, 2.24) is 14.8 Å². The Labute approximate surface area is 163 Å². The molecular weight excluding hydrogens is 354 g/mol. The Morgan fingerprint density at radius 3 is 2.39 bits per heavy atom. The number of nitro benzene ring substituents is 1. The Bertz CT molecular complexity index is 974. The number of piperidine rings is 1. The van der Waals surface area contributed by atoms with Crippen molar-refractivity contribution in [3.8, 4) is 16.9 Å². The van der Waals surface area contributed by atoms with Crippen LogP contribution >= 0.6 is 0 Å². The summed E-state index contributed by atoms with van der Waals surface area (Å²) in [4.78, 5) is 10.5. The Kier molecular flexibility index (Phi) is 5.14. The summed E-state index contributed by atoms with van der Waals surface area (Å²) >= 11 is 0. The first kappa shape index (κ1) is 17.9. The molecule has 1 fully saturated rings. The number of para-hydroxylation sites is 1. The van der Waals surface area contributed by atoms with Gasteiger partial charge in [0, 0.05) is 42.5 Å². The Hall–Kier alpha value is -3.48. The highest BCUT2D eigenvalue weighted by molar-refractivity contribution is 5.88. The van der Waals surface area contributed by atoms with Gasteiger partial charge in [0.05, 0.1) is 16.8 Å². The van der Waals surface area contributed by atoms with E-state index in [4.69, 9.17) is 5.10 Å². The van der Waals surface area contributed by atoms with Gasteiger partial charge in [-0.25, -0.2) is 4.68 Å². The average molecular weight is 375 g/mol. The van der Waals surface area contributed by atoms with E-state index in [-0.39, 0.29) is 5.69 Å². The molecule has 0 N–H and O–H groups in total. The van der Waals surface area contributed by atoms with Gasteiger partial charge < -0.3 is 0 Å². The van der Waals surface area contributed by atoms with E-state index in [9.17, 15) is 10.1 Å². The van der Waals surface area contributed by atoms with Gasteiger partial charge in [0.2, 0.25) is 0 Å². The molecule has 3 aromatic rings. The van der Waals surface area contributed by atoms with Gasteiger partial charge >= 0.3 is 0 Å². The Balaban J connectivity index is 1.71. The van der Waals surface area contributed by atoms with Crippen LogP contribution in [0.1, 0.15) is 24.8 Å². The zero-order valence-electron chi connectivity index (χ0n) is 15.4. The number of hydrogen-bond acceptors (Lipinski definition) is 5. The summed E-state index contributed by atoms with van der Waals surface area (Å²) in [5.74, 6) is 0. The van der Waals surface area contributed by atoms with Crippen molar-refractivity contribution in [3.05, 3.63) is 76.5 Å². The van der Waals surface area contributed by atoms with Crippen LogP contribution in [0.3, 0.4) is 0 Å². The first-order chi connectivity index (χ1) is 13.7. The van der Waals surface area contributed by atoms with Crippen LogP contribution in [0, 0.1) is 10.1 Å². The second-order valence-electron chi connectivity index (χ2n) is 6.78. The highest BCUT2D eigenvalue weighted by Gasteiger charge is 2.14. The summed E-state index contributed by atoms with van der Waals surface area (Å²) in [5, 5.41) is 22.4. The molecule has 28 heavy (non-hydrogen) atoms. The van der Waals surface area contributed by atoms with Crippen LogP contribution in [0.5, 0.6) is 0 Å². The fraction of sp³-hybridized carbons (Fsp3) is 0.238. The van der Waals surface area contributed by atoms with E-state index in [0.29, 0.717) is 0 Å². The molecule has 0 amide bonds. The molecule has 0 radical (unpaired) electrons. The predicted octanol–water partition coefficient (Wildman–Crippen LogP) is 4.27. The summed E-state index contributed by atoms with van der Waals surface area (Å²) in [5.41, 5.74) is 3.46. The van der Waals surface area contributed by atoms with Crippen LogP contribution in [0.25, 0.3) is 16.9 Å². The quantitative estimate of drug-likeness (QED) is 0.379. The van der Waals surface area contributed by atoms with Gasteiger partial charge in [-0.2, -0.15) is 10.2 Å². The van der Waals surface area contributed by atoms with Crippen molar-refractivity contribution in [2.24, 2.45) is 5.10 Å². The number of nitro groups is 1. The molecule has 7 heteroatoms. The molecule has 7 nitrogen and oxygen atoms in total. The number of nitrogens with zero attached hydrogens (tertiary/aromatic N) is 5. The van der Waals surface area contributed by atoms with Gasteiger partial charge in [-0.1, -0.05) is 18.2 Å². The number of hydrazone groups is 1. The summed E-state index contributed by atoms with van der Waals surface area (Å²) in [6, 6.07) is 16.3. The number of aromatic nitrogens is 2. The number of benzene rings is 2. The minimum atomic E-state index is -0.398. The van der Waals surface area contributed by atoms with Crippen LogP contribution in [0.2, 0.25) is 0 Å². The highest BCUT2D eigenvalue weighted by Crippen LogP contribution is 2.25. The molecular formula is C21H21N5O2. The lowest BCUT2D eigenvalue weighted by Gasteiger charge is -2.23. The normalized spacial score (nSPS) is 14.5. The third-order valence-electron chi connectivity index (χ3n) is 4.81. The van der Waals surface area contributed by atoms with Gasteiger partial charge in [0.25, 0.3) is 5.69 Å². The standard InChI is InChI=1S/C21H21N5O2/c27-26(28)20-11-9-17(10-12-20)21-18(15-22-24-13-5-2-6-14-24)16-25(23-21)19-7-3-1-4-8-19/h1,3-4,7-12,15-16H,2,5-6,13-14H2/b22-15-. The SMILES string of the molecule is O=[N+]([O-])c1ccc(-c2nn(-c3ccccc3)cc2/C=N\N2CCCCC2)cc1. The van der Waals surface area contributed by atoms with Crippen LogP contribution in [-0.2, 0) is 0 Å². The van der Waals surface area contributed by atoms with Crippen molar-refractivity contribution >= 4 is 11.9 Å². The maximum absolute atomic E-state index is 10.9. The second kappa shape index (κ2) is 8.04. The van der Waals surface area contributed by atoms with Crippen molar-refractivity contribution < 1.29 is 4.92 Å². The molecule has 1 saturated heterocycles. The predicted molar refractivity (Wildman–Crippen MR) is 109 cm³/mol. The van der Waals surface area contributed by atoms with E-state index < -0.39 is 4.92 Å². The number of non-ortho nitro benzene ring substituents is 1. The molecule has 1 aromatic heterocycles. The fourth-order valence-electron chi connectivity index (χ4n) is 3.30. The fourth-order valence-corrected chi connectivity index (χ4v) is 3.30. The van der Waals surface area contributed by atoms with Crippen LogP contribution in [0.4, 0.5) is 5.69 Å². The van der Waals surface area contributed by atoms with E-state index in [1.807, 2.05) is 47.4 Å². The third-order valence-corrected chi connectivity index (χ3v) is 4.81. The molecule has 0 bridgehead atoms. The van der Waals surface area contributed by atoms with Gasteiger partial charge in [-0.15, -0.1) is 0 Å². The number of hydrogen-bond donors (Lipinski definition) is 0. The van der Waals surface area contributed by atoms with E-state index in [0.717, 1.165) is 48.4 Å². The van der Waals surface area contributed by atoms with Crippen LogP contribution in [-0.4, -0.2) is 39.0 Å². The topological polar surface area (TPSA) is 76.6 Å². The minimum Gasteiger partial charge on any atom is -0.297 e. The van der Waals surface area contributed by atoms with Gasteiger partial charge in [-0.3, -0.25) is 15.1 Å². The summed E-state index contributed by atoms with van der Waals surface area (Å²) in [7, 11) is 0. The largest absolute Gasteiger partial charge is 0.297 e. The lowest BCUT2D eigenvalue weighted by molar-refractivity contribution is -0.384. The molecule has 2 aromatic carbocycles. The molecule has 4 rings (SSSR count). The lowest BCUT2D eigenvalue weighted by Crippen LogP contribution is -2.24. The summed E-state index contributed by atoms with van der Waals surface area (Å²) < 4.78 is 1.81. The molecule has 1 aliphatic heterocycles. The molecule has 0 atom stereocenters.